The third-order valence-corrected chi connectivity index (χ3v) is 7.02. The Morgan fingerprint density at radius 1 is 1.03 bits per heavy atom. The van der Waals surface area contributed by atoms with Crippen molar-refractivity contribution in [1.82, 2.24) is 0 Å². The molecule has 1 N–H and O–H groups in total. The highest BCUT2D eigenvalue weighted by molar-refractivity contribution is 5.47. The van der Waals surface area contributed by atoms with Crippen molar-refractivity contribution >= 4 is 0 Å². The normalized spacial score (nSPS) is 20.8. The van der Waals surface area contributed by atoms with Crippen molar-refractivity contribution < 1.29 is 9.52 Å². The maximum absolute atomic E-state index is 13.3. The minimum Gasteiger partial charge on any atom is -0.507 e. The molecule has 4 rings (SSSR count). The topological polar surface area (TPSA) is 50.4 Å². The van der Waals surface area contributed by atoms with Gasteiger partial charge in [-0.25, -0.2) is 4.79 Å². The highest BCUT2D eigenvalue weighted by Gasteiger charge is 2.38. The molecular formula is C27H36O3. The smallest absolute Gasteiger partial charge is 0.343 e. The van der Waals surface area contributed by atoms with Gasteiger partial charge in [-0.15, -0.1) is 0 Å². The Hall–Kier alpha value is -2.03. The number of hydrogen-bond donors (Lipinski definition) is 1. The van der Waals surface area contributed by atoms with Crippen LogP contribution >= 0.6 is 0 Å². The molecule has 0 amide bonds. The summed E-state index contributed by atoms with van der Waals surface area (Å²) in [6.45, 7) is 4.49. The Morgan fingerprint density at radius 2 is 1.77 bits per heavy atom. The molecule has 30 heavy (non-hydrogen) atoms. The molecule has 1 heterocycles. The predicted molar refractivity (Wildman–Crippen MR) is 121 cm³/mol. The number of benzene rings is 1. The number of fused-ring (bicyclic) bond motifs is 1. The van der Waals surface area contributed by atoms with E-state index in [1.54, 1.807) is 0 Å². The lowest BCUT2D eigenvalue weighted by atomic mass is 9.84. The highest BCUT2D eigenvalue weighted by Crippen LogP contribution is 2.49. The minimum atomic E-state index is -0.319. The molecule has 0 bridgehead atoms. The zero-order chi connectivity index (χ0) is 21.1. The van der Waals surface area contributed by atoms with Crippen molar-refractivity contribution in [2.75, 3.05) is 0 Å². The molecule has 2 aromatic rings. The second kappa shape index (κ2) is 9.41. The van der Waals surface area contributed by atoms with Crippen LogP contribution in [-0.2, 0) is 6.42 Å². The van der Waals surface area contributed by atoms with E-state index in [1.807, 2.05) is 18.2 Å². The van der Waals surface area contributed by atoms with Gasteiger partial charge in [0, 0.05) is 17.4 Å². The van der Waals surface area contributed by atoms with Crippen molar-refractivity contribution in [2.24, 2.45) is 11.8 Å². The molecule has 1 aromatic heterocycles. The molecule has 1 aromatic carbocycles. The Kier molecular flexibility index (Phi) is 6.65. The summed E-state index contributed by atoms with van der Waals surface area (Å²) < 4.78 is 6.11. The summed E-state index contributed by atoms with van der Waals surface area (Å²) in [6, 6.07) is 10.2. The lowest BCUT2D eigenvalue weighted by Crippen LogP contribution is -2.19. The van der Waals surface area contributed by atoms with E-state index in [0.717, 1.165) is 61.8 Å². The highest BCUT2D eigenvalue weighted by atomic mass is 16.4. The summed E-state index contributed by atoms with van der Waals surface area (Å²) in [7, 11) is 0. The van der Waals surface area contributed by atoms with E-state index in [4.69, 9.17) is 4.42 Å². The third-order valence-electron chi connectivity index (χ3n) is 7.02. The lowest BCUT2D eigenvalue weighted by molar-refractivity contribution is 0.349. The zero-order valence-corrected chi connectivity index (χ0v) is 18.5. The first-order chi connectivity index (χ1) is 14.6. The SMILES string of the molecule is CC(C)CCC1CCCCCCc2c1oc(=O)c(C(c1ccccc1)C1CC1)c2O. The summed E-state index contributed by atoms with van der Waals surface area (Å²) in [6.07, 6.45) is 10.8. The fourth-order valence-electron chi connectivity index (χ4n) is 5.19. The molecule has 1 fully saturated rings. The molecule has 0 radical (unpaired) electrons. The molecule has 0 spiro atoms. The Bertz CT molecular complexity index is 892. The van der Waals surface area contributed by atoms with Crippen molar-refractivity contribution in [3.63, 3.8) is 0 Å². The average molecular weight is 409 g/mol. The van der Waals surface area contributed by atoms with Crippen LogP contribution in [-0.4, -0.2) is 5.11 Å². The van der Waals surface area contributed by atoms with E-state index in [-0.39, 0.29) is 23.2 Å². The van der Waals surface area contributed by atoms with E-state index >= 15 is 0 Å². The van der Waals surface area contributed by atoms with Crippen LogP contribution < -0.4 is 5.63 Å². The van der Waals surface area contributed by atoms with Gasteiger partial charge in [-0.1, -0.05) is 69.9 Å². The fraction of sp³-hybridized carbons (Fsp3) is 0.593. The largest absolute Gasteiger partial charge is 0.507 e. The van der Waals surface area contributed by atoms with Gasteiger partial charge in [-0.3, -0.25) is 0 Å². The first-order valence-electron chi connectivity index (χ1n) is 12.0. The molecule has 0 aliphatic heterocycles. The predicted octanol–water partition coefficient (Wildman–Crippen LogP) is 6.91. The molecule has 0 saturated heterocycles. The van der Waals surface area contributed by atoms with Crippen molar-refractivity contribution in [3.8, 4) is 5.75 Å². The van der Waals surface area contributed by atoms with Crippen LogP contribution in [0.4, 0.5) is 0 Å². The lowest BCUT2D eigenvalue weighted by Gasteiger charge is -2.23. The Labute approximate surface area is 180 Å². The quantitative estimate of drug-likeness (QED) is 0.565. The van der Waals surface area contributed by atoms with Crippen molar-refractivity contribution in [3.05, 3.63) is 63.2 Å². The molecule has 2 atom stereocenters. The zero-order valence-electron chi connectivity index (χ0n) is 18.5. The van der Waals surface area contributed by atoms with Crippen LogP contribution in [0.2, 0.25) is 0 Å². The minimum absolute atomic E-state index is 0.0607. The monoisotopic (exact) mass is 408 g/mol. The van der Waals surface area contributed by atoms with Gasteiger partial charge in [0.1, 0.15) is 11.5 Å². The van der Waals surface area contributed by atoms with Crippen LogP contribution in [0, 0.1) is 11.8 Å². The number of hydrogen-bond acceptors (Lipinski definition) is 3. The summed E-state index contributed by atoms with van der Waals surface area (Å²) in [4.78, 5) is 13.3. The van der Waals surface area contributed by atoms with E-state index in [0.29, 0.717) is 17.4 Å². The van der Waals surface area contributed by atoms with Gasteiger partial charge < -0.3 is 9.52 Å². The fourth-order valence-corrected chi connectivity index (χ4v) is 5.19. The van der Waals surface area contributed by atoms with E-state index in [2.05, 4.69) is 26.0 Å². The average Bonchev–Trinajstić information content (AvgIpc) is 3.55. The molecule has 162 valence electrons. The van der Waals surface area contributed by atoms with E-state index in [1.165, 1.54) is 19.3 Å². The third kappa shape index (κ3) is 4.66. The Morgan fingerprint density at radius 3 is 2.47 bits per heavy atom. The molecule has 2 unspecified atom stereocenters. The molecule has 3 heteroatoms. The Balaban J connectivity index is 1.80. The summed E-state index contributed by atoms with van der Waals surface area (Å²) in [5.41, 5.74) is 2.22. The van der Waals surface area contributed by atoms with E-state index < -0.39 is 0 Å². The van der Waals surface area contributed by atoms with Gasteiger partial charge in [-0.05, 0) is 55.9 Å². The number of aromatic hydroxyl groups is 1. The molecule has 2 aliphatic rings. The standard InChI is InChI=1S/C27H36O3/c1-18(2)14-15-21-12-6-3-4-9-13-22-25(28)24(27(29)30-26(21)22)23(20-16-17-20)19-10-7-5-8-11-19/h5,7-8,10-11,18,20-21,23,28H,3-4,6,9,12-17H2,1-2H3. The van der Waals surface area contributed by atoms with Crippen LogP contribution in [0.3, 0.4) is 0 Å². The molecule has 1 saturated carbocycles. The maximum Gasteiger partial charge on any atom is 0.343 e. The van der Waals surface area contributed by atoms with Gasteiger partial charge in [0.2, 0.25) is 0 Å². The van der Waals surface area contributed by atoms with Gasteiger partial charge >= 0.3 is 5.63 Å². The summed E-state index contributed by atoms with van der Waals surface area (Å²) in [5, 5.41) is 11.5. The van der Waals surface area contributed by atoms with Crippen molar-refractivity contribution in [1.29, 1.82) is 0 Å². The second-order valence-electron chi connectivity index (χ2n) is 9.84. The van der Waals surface area contributed by atoms with Gasteiger partial charge in [-0.2, -0.15) is 0 Å². The van der Waals surface area contributed by atoms with Crippen LogP contribution in [0.15, 0.2) is 39.5 Å². The van der Waals surface area contributed by atoms with E-state index in [9.17, 15) is 9.90 Å². The first kappa shape index (κ1) is 21.2. The summed E-state index contributed by atoms with van der Waals surface area (Å²) >= 11 is 0. The maximum atomic E-state index is 13.3. The van der Waals surface area contributed by atoms with Crippen LogP contribution in [0.25, 0.3) is 0 Å². The second-order valence-corrected chi connectivity index (χ2v) is 9.84. The van der Waals surface area contributed by atoms with Gasteiger partial charge in [0.25, 0.3) is 0 Å². The molecule has 2 aliphatic carbocycles. The summed E-state index contributed by atoms with van der Waals surface area (Å²) in [5.74, 6) is 2.24. The first-order valence-corrected chi connectivity index (χ1v) is 12.0. The van der Waals surface area contributed by atoms with Gasteiger partial charge in [0.15, 0.2) is 0 Å². The van der Waals surface area contributed by atoms with Crippen LogP contribution in [0.1, 0.15) is 106 Å². The molecule has 3 nitrogen and oxygen atoms in total. The number of rotatable bonds is 6. The van der Waals surface area contributed by atoms with Crippen LogP contribution in [0.5, 0.6) is 5.75 Å². The molecular weight excluding hydrogens is 372 g/mol. The van der Waals surface area contributed by atoms with Gasteiger partial charge in [0.05, 0.1) is 5.56 Å². The van der Waals surface area contributed by atoms with Crippen molar-refractivity contribution in [2.45, 2.75) is 89.9 Å².